The van der Waals surface area contributed by atoms with Crippen LogP contribution >= 0.6 is 22.9 Å². The lowest BCUT2D eigenvalue weighted by Gasteiger charge is -2.12. The minimum absolute atomic E-state index is 0.0188. The number of aliphatic hydroxyl groups is 1. The predicted molar refractivity (Wildman–Crippen MR) is 69.0 cm³/mol. The van der Waals surface area contributed by atoms with Crippen LogP contribution in [0.5, 0.6) is 0 Å². The minimum Gasteiger partial charge on any atom is -0.388 e. The average molecular weight is 271 g/mol. The zero-order valence-electron chi connectivity index (χ0n) is 9.07. The first-order valence-corrected chi connectivity index (χ1v) is 6.63. The third-order valence-corrected chi connectivity index (χ3v) is 3.76. The van der Waals surface area contributed by atoms with E-state index >= 15 is 0 Å². The largest absolute Gasteiger partial charge is 0.388 e. The Kier molecular flexibility index (Phi) is 4.15. The van der Waals surface area contributed by atoms with E-state index in [0.29, 0.717) is 12.0 Å². The highest BCUT2D eigenvalue weighted by Gasteiger charge is 2.14. The van der Waals surface area contributed by atoms with E-state index in [1.807, 2.05) is 16.8 Å². The van der Waals surface area contributed by atoms with Crippen molar-refractivity contribution in [1.29, 1.82) is 0 Å². The van der Waals surface area contributed by atoms with E-state index in [-0.39, 0.29) is 5.02 Å². The van der Waals surface area contributed by atoms with Gasteiger partial charge in [-0.3, -0.25) is 0 Å². The van der Waals surface area contributed by atoms with Gasteiger partial charge >= 0.3 is 0 Å². The summed E-state index contributed by atoms with van der Waals surface area (Å²) in [5, 5.41) is 14.0. The molecule has 0 saturated carbocycles. The summed E-state index contributed by atoms with van der Waals surface area (Å²) < 4.78 is 13.2. The fourth-order valence-electron chi connectivity index (χ4n) is 1.67. The van der Waals surface area contributed by atoms with Gasteiger partial charge in [0.25, 0.3) is 0 Å². The van der Waals surface area contributed by atoms with E-state index in [9.17, 15) is 9.50 Å². The van der Waals surface area contributed by atoms with Crippen LogP contribution in [0.2, 0.25) is 5.02 Å². The summed E-state index contributed by atoms with van der Waals surface area (Å²) in [6, 6.07) is 6.52. The molecule has 0 aliphatic heterocycles. The summed E-state index contributed by atoms with van der Waals surface area (Å²) in [6.07, 6.45) is 0.579. The molecule has 1 aromatic carbocycles. The normalized spacial score (nSPS) is 12.6. The molecule has 0 radical (unpaired) electrons. The Morgan fingerprint density at radius 2 is 2.18 bits per heavy atom. The number of rotatable bonds is 4. The van der Waals surface area contributed by atoms with Crippen molar-refractivity contribution in [2.75, 3.05) is 0 Å². The van der Waals surface area contributed by atoms with Gasteiger partial charge in [-0.15, -0.1) is 0 Å². The molecule has 1 heterocycles. The predicted octanol–water partition coefficient (Wildman–Crippen LogP) is 4.21. The van der Waals surface area contributed by atoms with Crippen LogP contribution in [-0.2, 0) is 6.42 Å². The second kappa shape index (κ2) is 5.63. The van der Waals surface area contributed by atoms with Gasteiger partial charge in [-0.1, -0.05) is 23.7 Å². The first-order chi connectivity index (χ1) is 8.18. The molecule has 90 valence electrons. The van der Waals surface area contributed by atoms with E-state index in [0.717, 1.165) is 6.42 Å². The molecular weight excluding hydrogens is 259 g/mol. The second-order valence-corrected chi connectivity index (χ2v) is 4.99. The first-order valence-electron chi connectivity index (χ1n) is 5.31. The monoisotopic (exact) mass is 270 g/mol. The van der Waals surface area contributed by atoms with Crippen molar-refractivity contribution in [2.24, 2.45) is 0 Å². The molecule has 0 fully saturated rings. The van der Waals surface area contributed by atoms with Crippen LogP contribution < -0.4 is 0 Å². The molecule has 2 rings (SSSR count). The number of benzene rings is 1. The van der Waals surface area contributed by atoms with E-state index in [1.165, 1.54) is 11.6 Å². The third-order valence-electron chi connectivity index (χ3n) is 2.63. The van der Waals surface area contributed by atoms with Crippen molar-refractivity contribution < 1.29 is 9.50 Å². The number of hydrogen-bond donors (Lipinski definition) is 1. The Morgan fingerprint density at radius 1 is 1.35 bits per heavy atom. The molecule has 1 nitrogen and oxygen atoms in total. The number of halogens is 2. The molecule has 1 unspecified atom stereocenters. The maximum atomic E-state index is 13.2. The van der Waals surface area contributed by atoms with Gasteiger partial charge < -0.3 is 5.11 Å². The zero-order valence-corrected chi connectivity index (χ0v) is 10.6. The Labute approximate surface area is 108 Å². The summed E-state index contributed by atoms with van der Waals surface area (Å²) >= 11 is 7.44. The molecule has 17 heavy (non-hydrogen) atoms. The minimum atomic E-state index is -0.724. The fraction of sp³-hybridized carbons (Fsp3) is 0.231. The highest BCUT2D eigenvalue weighted by atomic mass is 35.5. The Balaban J connectivity index is 2.04. The Morgan fingerprint density at radius 3 is 2.88 bits per heavy atom. The molecule has 0 aliphatic rings. The van der Waals surface area contributed by atoms with Gasteiger partial charge in [0.05, 0.1) is 11.1 Å². The summed E-state index contributed by atoms with van der Waals surface area (Å²) in [6.45, 7) is 0. The van der Waals surface area contributed by atoms with Crippen molar-refractivity contribution in [3.05, 3.63) is 57.0 Å². The van der Waals surface area contributed by atoms with Crippen LogP contribution in [0.4, 0.5) is 4.39 Å². The highest BCUT2D eigenvalue weighted by Crippen LogP contribution is 2.28. The molecule has 2 aromatic rings. The molecule has 0 aliphatic carbocycles. The van der Waals surface area contributed by atoms with Gasteiger partial charge in [0.2, 0.25) is 0 Å². The summed E-state index contributed by atoms with van der Waals surface area (Å²) in [5.74, 6) is -0.487. The Hall–Kier alpha value is -0.900. The van der Waals surface area contributed by atoms with Crippen molar-refractivity contribution in [3.63, 3.8) is 0 Å². The molecule has 4 heteroatoms. The molecular formula is C13H12ClFOS. The van der Waals surface area contributed by atoms with E-state index in [4.69, 9.17) is 11.6 Å². The van der Waals surface area contributed by atoms with Gasteiger partial charge in [-0.05, 0) is 41.3 Å². The van der Waals surface area contributed by atoms with Crippen LogP contribution in [0, 0.1) is 5.82 Å². The fourth-order valence-corrected chi connectivity index (χ4v) is 2.63. The van der Waals surface area contributed by atoms with Gasteiger partial charge in [0.1, 0.15) is 5.82 Å². The van der Waals surface area contributed by atoms with E-state index in [1.54, 1.807) is 23.5 Å². The lowest BCUT2D eigenvalue weighted by atomic mass is 10.0. The van der Waals surface area contributed by atoms with Crippen LogP contribution in [0.15, 0.2) is 35.0 Å². The van der Waals surface area contributed by atoms with E-state index in [2.05, 4.69) is 0 Å². The molecule has 1 N–H and O–H groups in total. The van der Waals surface area contributed by atoms with Crippen LogP contribution in [0.3, 0.4) is 0 Å². The molecule has 0 bridgehead atoms. The van der Waals surface area contributed by atoms with Crippen molar-refractivity contribution in [3.8, 4) is 0 Å². The van der Waals surface area contributed by atoms with Crippen molar-refractivity contribution in [1.82, 2.24) is 0 Å². The number of aryl methyl sites for hydroxylation is 1. The summed E-state index contributed by atoms with van der Waals surface area (Å²) in [7, 11) is 0. The van der Waals surface area contributed by atoms with Crippen LogP contribution in [-0.4, -0.2) is 5.11 Å². The smallest absolute Gasteiger partial charge is 0.142 e. The van der Waals surface area contributed by atoms with Crippen molar-refractivity contribution in [2.45, 2.75) is 18.9 Å². The molecule has 0 amide bonds. The molecule has 1 atom stereocenters. The average Bonchev–Trinajstić information content (AvgIpc) is 2.82. The molecule has 0 spiro atoms. The second-order valence-electron chi connectivity index (χ2n) is 3.83. The summed E-state index contributed by atoms with van der Waals surface area (Å²) in [5.41, 5.74) is 1.64. The van der Waals surface area contributed by atoms with Gasteiger partial charge in [-0.2, -0.15) is 11.3 Å². The third kappa shape index (κ3) is 3.06. The Bertz CT molecular complexity index is 484. The zero-order chi connectivity index (χ0) is 12.3. The summed E-state index contributed by atoms with van der Waals surface area (Å²) in [4.78, 5) is 0. The van der Waals surface area contributed by atoms with Gasteiger partial charge in [0, 0.05) is 5.56 Å². The number of hydrogen-bond acceptors (Lipinski definition) is 2. The first kappa shape index (κ1) is 12.6. The lowest BCUT2D eigenvalue weighted by Crippen LogP contribution is -2.01. The number of thiophene rings is 1. The topological polar surface area (TPSA) is 20.2 Å². The standard InChI is InChI=1S/C13H12ClFOS/c14-13-10(2-1-3-11(13)15)12(16)5-4-9-6-7-17-8-9/h1-3,6-8,12,16H,4-5H2. The molecule has 0 saturated heterocycles. The SMILES string of the molecule is OC(CCc1ccsc1)c1cccc(F)c1Cl. The van der Waals surface area contributed by atoms with Crippen LogP contribution in [0.25, 0.3) is 0 Å². The maximum Gasteiger partial charge on any atom is 0.142 e. The van der Waals surface area contributed by atoms with Gasteiger partial charge in [0.15, 0.2) is 0 Å². The van der Waals surface area contributed by atoms with Crippen molar-refractivity contribution >= 4 is 22.9 Å². The lowest BCUT2D eigenvalue weighted by molar-refractivity contribution is 0.167. The highest BCUT2D eigenvalue weighted by molar-refractivity contribution is 7.07. The quantitative estimate of drug-likeness (QED) is 0.882. The number of aliphatic hydroxyl groups excluding tert-OH is 1. The maximum absolute atomic E-state index is 13.2. The molecule has 1 aromatic heterocycles. The van der Waals surface area contributed by atoms with Gasteiger partial charge in [-0.25, -0.2) is 4.39 Å². The van der Waals surface area contributed by atoms with E-state index < -0.39 is 11.9 Å². The van der Waals surface area contributed by atoms with Crippen LogP contribution in [0.1, 0.15) is 23.7 Å².